The summed E-state index contributed by atoms with van der Waals surface area (Å²) in [5, 5.41) is 21.7. The van der Waals surface area contributed by atoms with Crippen LogP contribution in [0.1, 0.15) is 26.7 Å². The lowest BCUT2D eigenvalue weighted by atomic mass is 10.4. The number of aliphatic hydroxyl groups excluding tert-OH is 2. The highest BCUT2D eigenvalue weighted by Gasteiger charge is 2.10. The lowest BCUT2D eigenvalue weighted by molar-refractivity contribution is 0.113. The largest absolute Gasteiger partial charge is 0.463 e. The van der Waals surface area contributed by atoms with E-state index in [1.165, 1.54) is 11.8 Å². The van der Waals surface area contributed by atoms with Crippen molar-refractivity contribution in [3.05, 3.63) is 0 Å². The first-order chi connectivity index (χ1) is 9.69. The lowest BCUT2D eigenvalue weighted by Crippen LogP contribution is -2.15. The Morgan fingerprint density at radius 1 is 1.25 bits per heavy atom. The van der Waals surface area contributed by atoms with Crippen LogP contribution in [0, 0.1) is 0 Å². The normalized spacial score (nSPS) is 12.2. The van der Waals surface area contributed by atoms with Crippen LogP contribution in [0.25, 0.3) is 0 Å². The smallest absolute Gasteiger partial charge is 0.322 e. The zero-order chi connectivity index (χ0) is 14.8. The van der Waals surface area contributed by atoms with E-state index in [0.717, 1.165) is 19.4 Å². The van der Waals surface area contributed by atoms with Crippen molar-refractivity contribution in [2.45, 2.75) is 37.9 Å². The Balaban J connectivity index is 2.73. The summed E-state index contributed by atoms with van der Waals surface area (Å²) in [5.74, 6) is 0.787. The molecule has 0 fully saturated rings. The zero-order valence-corrected chi connectivity index (χ0v) is 12.7. The standard InChI is InChI=1S/C12H22N4O3S/c1-3-5-13-10-14-11(19-6-4-2)16-12(15-10)20-8-9(18)7-17/h9,17-18H,3-8H2,1-2H3,(H,13,14,15,16). The summed E-state index contributed by atoms with van der Waals surface area (Å²) in [4.78, 5) is 12.6. The van der Waals surface area contributed by atoms with Gasteiger partial charge in [0.1, 0.15) is 0 Å². The number of thioether (sulfide) groups is 1. The number of ether oxygens (including phenoxy) is 1. The molecule has 0 aliphatic carbocycles. The predicted molar refractivity (Wildman–Crippen MR) is 78.2 cm³/mol. The van der Waals surface area contributed by atoms with Crippen molar-refractivity contribution in [1.82, 2.24) is 15.0 Å². The molecule has 1 aromatic heterocycles. The van der Waals surface area contributed by atoms with Crippen LogP contribution in [0.2, 0.25) is 0 Å². The van der Waals surface area contributed by atoms with Gasteiger partial charge in [0.05, 0.1) is 19.3 Å². The molecule has 1 aromatic rings. The summed E-state index contributed by atoms with van der Waals surface area (Å²) in [6.07, 6.45) is 1.04. The molecule has 0 radical (unpaired) electrons. The van der Waals surface area contributed by atoms with Gasteiger partial charge in [0, 0.05) is 12.3 Å². The molecule has 1 rings (SSSR count). The SMILES string of the molecule is CCCNc1nc(OCCC)nc(SCC(O)CO)n1. The third-order valence-electron chi connectivity index (χ3n) is 2.18. The summed E-state index contributed by atoms with van der Waals surface area (Å²) in [7, 11) is 0. The van der Waals surface area contributed by atoms with Crippen LogP contribution in [0.15, 0.2) is 5.16 Å². The number of hydrogen-bond donors (Lipinski definition) is 3. The molecular weight excluding hydrogens is 280 g/mol. The van der Waals surface area contributed by atoms with E-state index in [1.807, 2.05) is 6.92 Å². The van der Waals surface area contributed by atoms with Crippen molar-refractivity contribution in [2.75, 3.05) is 30.8 Å². The Morgan fingerprint density at radius 3 is 2.70 bits per heavy atom. The average Bonchev–Trinajstić information content (AvgIpc) is 2.48. The first-order valence-corrected chi connectivity index (χ1v) is 7.72. The van der Waals surface area contributed by atoms with E-state index in [2.05, 4.69) is 27.2 Å². The van der Waals surface area contributed by atoms with Gasteiger partial charge in [0.25, 0.3) is 0 Å². The molecule has 0 bridgehead atoms. The van der Waals surface area contributed by atoms with Gasteiger partial charge in [-0.15, -0.1) is 0 Å². The summed E-state index contributed by atoms with van der Waals surface area (Å²) >= 11 is 1.26. The summed E-state index contributed by atoms with van der Waals surface area (Å²) < 4.78 is 5.42. The Labute approximate surface area is 123 Å². The van der Waals surface area contributed by atoms with Crippen molar-refractivity contribution >= 4 is 17.7 Å². The molecule has 0 amide bonds. The van der Waals surface area contributed by atoms with E-state index in [0.29, 0.717) is 23.5 Å². The molecular formula is C12H22N4O3S. The molecule has 0 aliphatic heterocycles. The minimum Gasteiger partial charge on any atom is -0.463 e. The van der Waals surface area contributed by atoms with Crippen molar-refractivity contribution in [3.8, 4) is 6.01 Å². The van der Waals surface area contributed by atoms with E-state index in [9.17, 15) is 5.11 Å². The van der Waals surface area contributed by atoms with E-state index in [4.69, 9.17) is 9.84 Å². The zero-order valence-electron chi connectivity index (χ0n) is 11.9. The van der Waals surface area contributed by atoms with Crippen LogP contribution >= 0.6 is 11.8 Å². The molecule has 0 aliphatic rings. The third kappa shape index (κ3) is 6.36. The number of anilines is 1. The van der Waals surface area contributed by atoms with Gasteiger partial charge in [-0.3, -0.25) is 0 Å². The first-order valence-electron chi connectivity index (χ1n) is 6.74. The van der Waals surface area contributed by atoms with E-state index < -0.39 is 6.10 Å². The van der Waals surface area contributed by atoms with Gasteiger partial charge in [-0.05, 0) is 12.8 Å². The maximum atomic E-state index is 9.35. The number of nitrogens with zero attached hydrogens (tertiary/aromatic N) is 3. The molecule has 1 atom stereocenters. The van der Waals surface area contributed by atoms with Crippen LogP contribution in [0.5, 0.6) is 6.01 Å². The maximum absolute atomic E-state index is 9.35. The highest BCUT2D eigenvalue weighted by molar-refractivity contribution is 7.99. The number of aromatic nitrogens is 3. The molecule has 1 heterocycles. The molecule has 3 N–H and O–H groups in total. The second-order valence-electron chi connectivity index (χ2n) is 4.15. The Kier molecular flexibility index (Phi) is 8.24. The van der Waals surface area contributed by atoms with Gasteiger partial charge in [-0.25, -0.2) is 0 Å². The summed E-state index contributed by atoms with van der Waals surface area (Å²) in [6.45, 7) is 5.08. The summed E-state index contributed by atoms with van der Waals surface area (Å²) in [6, 6.07) is 0.279. The molecule has 1 unspecified atom stereocenters. The molecule has 0 aromatic carbocycles. The lowest BCUT2D eigenvalue weighted by Gasteiger charge is -2.09. The fourth-order valence-electron chi connectivity index (χ4n) is 1.20. The van der Waals surface area contributed by atoms with Gasteiger partial charge in [-0.1, -0.05) is 25.6 Å². The Bertz CT molecular complexity index is 369. The number of rotatable bonds is 10. The van der Waals surface area contributed by atoms with Gasteiger partial charge in [0.2, 0.25) is 5.95 Å². The molecule has 114 valence electrons. The highest BCUT2D eigenvalue weighted by atomic mass is 32.2. The minimum absolute atomic E-state index is 0.279. The molecule has 7 nitrogen and oxygen atoms in total. The second kappa shape index (κ2) is 9.73. The van der Waals surface area contributed by atoms with E-state index in [-0.39, 0.29) is 12.6 Å². The number of nitrogens with one attached hydrogen (secondary N) is 1. The minimum atomic E-state index is -0.788. The molecule has 8 heteroatoms. The quantitative estimate of drug-likeness (QED) is 0.549. The Hall–Kier alpha value is -1.12. The van der Waals surface area contributed by atoms with Crippen LogP contribution in [0.4, 0.5) is 5.95 Å². The average molecular weight is 302 g/mol. The monoisotopic (exact) mass is 302 g/mol. The fraction of sp³-hybridized carbons (Fsp3) is 0.750. The third-order valence-corrected chi connectivity index (χ3v) is 3.17. The fourth-order valence-corrected chi connectivity index (χ4v) is 1.94. The molecule has 20 heavy (non-hydrogen) atoms. The van der Waals surface area contributed by atoms with Crippen LogP contribution in [-0.4, -0.2) is 56.8 Å². The van der Waals surface area contributed by atoms with Gasteiger partial charge in [-0.2, -0.15) is 15.0 Å². The molecule has 0 saturated heterocycles. The van der Waals surface area contributed by atoms with Crippen molar-refractivity contribution in [2.24, 2.45) is 0 Å². The first kappa shape index (κ1) is 16.9. The molecule has 0 saturated carbocycles. The van der Waals surface area contributed by atoms with Gasteiger partial charge < -0.3 is 20.3 Å². The maximum Gasteiger partial charge on any atom is 0.322 e. The number of aliphatic hydroxyl groups is 2. The van der Waals surface area contributed by atoms with Gasteiger partial charge in [0.15, 0.2) is 5.16 Å². The highest BCUT2D eigenvalue weighted by Crippen LogP contribution is 2.18. The van der Waals surface area contributed by atoms with E-state index >= 15 is 0 Å². The van der Waals surface area contributed by atoms with Crippen LogP contribution in [-0.2, 0) is 0 Å². The van der Waals surface area contributed by atoms with Crippen molar-refractivity contribution in [3.63, 3.8) is 0 Å². The predicted octanol–water partition coefficient (Wildman–Crippen LogP) is 0.928. The van der Waals surface area contributed by atoms with Crippen molar-refractivity contribution < 1.29 is 14.9 Å². The molecule has 0 spiro atoms. The Morgan fingerprint density at radius 2 is 2.05 bits per heavy atom. The second-order valence-corrected chi connectivity index (χ2v) is 5.13. The van der Waals surface area contributed by atoms with Crippen LogP contribution in [0.3, 0.4) is 0 Å². The topological polar surface area (TPSA) is 100 Å². The summed E-state index contributed by atoms with van der Waals surface area (Å²) in [5.41, 5.74) is 0. The van der Waals surface area contributed by atoms with Gasteiger partial charge >= 0.3 is 6.01 Å². The van der Waals surface area contributed by atoms with Crippen molar-refractivity contribution in [1.29, 1.82) is 0 Å². The number of hydrogen-bond acceptors (Lipinski definition) is 8. The van der Waals surface area contributed by atoms with Crippen LogP contribution < -0.4 is 10.1 Å². The van der Waals surface area contributed by atoms with E-state index in [1.54, 1.807) is 0 Å².